The number of hydrogen-bond acceptors (Lipinski definition) is 5. The van der Waals surface area contributed by atoms with Gasteiger partial charge in [-0.15, -0.1) is 0 Å². The Bertz CT molecular complexity index is 601. The van der Waals surface area contributed by atoms with Crippen LogP contribution in [0.1, 0.15) is 32.6 Å². The number of amides is 5. The molecule has 0 atom stereocenters. The number of hydrogen-bond donors (Lipinski definition) is 5. The first-order chi connectivity index (χ1) is 12.8. The molecule has 0 aromatic heterocycles. The zero-order chi connectivity index (χ0) is 20.7. The zero-order valence-corrected chi connectivity index (χ0v) is 15.4. The topological polar surface area (TPSA) is 159 Å². The molecular formula is C17H27N5O5. The molecule has 0 bridgehead atoms. The lowest BCUT2D eigenvalue weighted by atomic mass is 10.2. The molecule has 0 aromatic rings. The van der Waals surface area contributed by atoms with Crippen molar-refractivity contribution in [1.29, 1.82) is 0 Å². The maximum absolute atomic E-state index is 11.6. The van der Waals surface area contributed by atoms with E-state index in [4.69, 9.17) is 5.73 Å². The quantitative estimate of drug-likeness (QED) is 0.195. The average Bonchev–Trinajstić information content (AvgIpc) is 2.64. The van der Waals surface area contributed by atoms with E-state index in [2.05, 4.69) is 27.8 Å². The van der Waals surface area contributed by atoms with Crippen LogP contribution >= 0.6 is 0 Å². The van der Waals surface area contributed by atoms with Gasteiger partial charge in [-0.05, 0) is 25.8 Å². The lowest BCUT2D eigenvalue weighted by Crippen LogP contribution is -2.44. The SMILES string of the molecule is C=C/C(=C\C)NC(=O)CNC(=O)CNC(=O)CNC(=O)CCCCC(N)=O. The van der Waals surface area contributed by atoms with Gasteiger partial charge in [0.15, 0.2) is 0 Å². The molecule has 0 unspecified atom stereocenters. The van der Waals surface area contributed by atoms with Gasteiger partial charge in [0, 0.05) is 18.5 Å². The Hall–Kier alpha value is -3.17. The second-order valence-electron chi connectivity index (χ2n) is 5.50. The third kappa shape index (κ3) is 13.8. The predicted molar refractivity (Wildman–Crippen MR) is 98.8 cm³/mol. The van der Waals surface area contributed by atoms with Gasteiger partial charge in [0.2, 0.25) is 29.5 Å². The molecule has 10 heteroatoms. The van der Waals surface area contributed by atoms with Gasteiger partial charge >= 0.3 is 0 Å². The monoisotopic (exact) mass is 381 g/mol. The Morgan fingerprint density at radius 2 is 1.30 bits per heavy atom. The van der Waals surface area contributed by atoms with Crippen LogP contribution < -0.4 is 27.0 Å². The number of rotatable bonds is 13. The average molecular weight is 381 g/mol. The molecule has 6 N–H and O–H groups in total. The van der Waals surface area contributed by atoms with E-state index in [0.29, 0.717) is 18.5 Å². The van der Waals surface area contributed by atoms with E-state index in [-0.39, 0.29) is 38.4 Å². The normalized spacial score (nSPS) is 10.5. The highest BCUT2D eigenvalue weighted by atomic mass is 16.2. The first-order valence-electron chi connectivity index (χ1n) is 8.45. The number of carbonyl (C=O) groups is 5. The maximum Gasteiger partial charge on any atom is 0.243 e. The smallest absolute Gasteiger partial charge is 0.243 e. The molecular weight excluding hydrogens is 354 g/mol. The molecule has 10 nitrogen and oxygen atoms in total. The first-order valence-corrected chi connectivity index (χ1v) is 8.45. The first kappa shape index (κ1) is 23.8. The summed E-state index contributed by atoms with van der Waals surface area (Å²) in [4.78, 5) is 56.8. The van der Waals surface area contributed by atoms with Crippen LogP contribution in [0.15, 0.2) is 24.4 Å². The summed E-state index contributed by atoms with van der Waals surface area (Å²) < 4.78 is 0. The fourth-order valence-electron chi connectivity index (χ4n) is 1.78. The highest BCUT2D eigenvalue weighted by Crippen LogP contribution is 1.98. The molecule has 0 aliphatic rings. The van der Waals surface area contributed by atoms with Crippen molar-refractivity contribution < 1.29 is 24.0 Å². The molecule has 0 saturated carbocycles. The van der Waals surface area contributed by atoms with Gasteiger partial charge < -0.3 is 27.0 Å². The third-order valence-electron chi connectivity index (χ3n) is 3.23. The van der Waals surface area contributed by atoms with Gasteiger partial charge in [-0.1, -0.05) is 12.7 Å². The maximum atomic E-state index is 11.6. The third-order valence-corrected chi connectivity index (χ3v) is 3.23. The zero-order valence-electron chi connectivity index (χ0n) is 15.4. The largest absolute Gasteiger partial charge is 0.370 e. The number of primary amides is 1. The Morgan fingerprint density at radius 1 is 0.815 bits per heavy atom. The summed E-state index contributed by atoms with van der Waals surface area (Å²) in [5.41, 5.74) is 5.51. The molecule has 0 fully saturated rings. The number of unbranched alkanes of at least 4 members (excludes halogenated alkanes) is 1. The minimum absolute atomic E-state index is 0.176. The van der Waals surface area contributed by atoms with Crippen molar-refractivity contribution in [2.75, 3.05) is 19.6 Å². The van der Waals surface area contributed by atoms with Crippen molar-refractivity contribution in [3.05, 3.63) is 24.4 Å². The van der Waals surface area contributed by atoms with Crippen LogP contribution in [-0.4, -0.2) is 49.2 Å². The van der Waals surface area contributed by atoms with Crippen LogP contribution in [0.4, 0.5) is 0 Å². The highest BCUT2D eigenvalue weighted by molar-refractivity contribution is 5.90. The van der Waals surface area contributed by atoms with Crippen molar-refractivity contribution >= 4 is 29.5 Å². The summed E-state index contributed by atoms with van der Waals surface area (Å²) in [6.07, 6.45) is 4.50. The molecule has 0 rings (SSSR count). The summed E-state index contributed by atoms with van der Waals surface area (Å²) in [6.45, 7) is 4.41. The molecule has 0 heterocycles. The lowest BCUT2D eigenvalue weighted by molar-refractivity contribution is -0.128. The van der Waals surface area contributed by atoms with E-state index in [0.717, 1.165) is 0 Å². The summed E-state index contributed by atoms with van der Waals surface area (Å²) in [5, 5.41) is 9.59. The number of nitrogens with one attached hydrogen (secondary N) is 4. The molecule has 0 aliphatic heterocycles. The fourth-order valence-corrected chi connectivity index (χ4v) is 1.78. The van der Waals surface area contributed by atoms with E-state index in [1.165, 1.54) is 6.08 Å². The van der Waals surface area contributed by atoms with Crippen molar-refractivity contribution in [2.45, 2.75) is 32.6 Å². The van der Waals surface area contributed by atoms with E-state index in [1.54, 1.807) is 13.0 Å². The Kier molecular flexibility index (Phi) is 12.4. The molecule has 0 aliphatic carbocycles. The molecule has 0 saturated heterocycles. The summed E-state index contributed by atoms with van der Waals surface area (Å²) in [5.74, 6) is -2.27. The van der Waals surface area contributed by atoms with Crippen molar-refractivity contribution in [2.24, 2.45) is 5.73 Å². The van der Waals surface area contributed by atoms with E-state index in [1.807, 2.05) is 0 Å². The van der Waals surface area contributed by atoms with Gasteiger partial charge in [0.05, 0.1) is 19.6 Å². The Labute approximate surface area is 158 Å². The summed E-state index contributed by atoms with van der Waals surface area (Å²) in [6, 6.07) is 0. The van der Waals surface area contributed by atoms with E-state index >= 15 is 0 Å². The molecule has 150 valence electrons. The lowest BCUT2D eigenvalue weighted by Gasteiger charge is -2.09. The number of carbonyl (C=O) groups excluding carboxylic acids is 5. The molecule has 0 aromatic carbocycles. The molecule has 0 radical (unpaired) electrons. The molecule has 5 amide bonds. The summed E-state index contributed by atoms with van der Waals surface area (Å²) >= 11 is 0. The van der Waals surface area contributed by atoms with Gasteiger partial charge in [-0.2, -0.15) is 0 Å². The predicted octanol–water partition coefficient (Wildman–Crippen LogP) is -1.41. The van der Waals surface area contributed by atoms with Gasteiger partial charge in [0.1, 0.15) is 0 Å². The van der Waals surface area contributed by atoms with Crippen LogP contribution in [0.3, 0.4) is 0 Å². The minimum Gasteiger partial charge on any atom is -0.370 e. The van der Waals surface area contributed by atoms with Crippen LogP contribution in [0, 0.1) is 0 Å². The minimum atomic E-state index is -0.545. The number of allylic oxidation sites excluding steroid dienone is 2. The fraction of sp³-hybridized carbons (Fsp3) is 0.471. The number of nitrogens with two attached hydrogens (primary N) is 1. The van der Waals surface area contributed by atoms with Crippen LogP contribution in [0.5, 0.6) is 0 Å². The second kappa shape index (κ2) is 14.0. The Balaban J connectivity index is 3.86. The van der Waals surface area contributed by atoms with Crippen LogP contribution in [0.25, 0.3) is 0 Å². The Morgan fingerprint density at radius 3 is 1.78 bits per heavy atom. The standard InChI is InChI=1S/C17H27N5O5/c1-3-12(4-2)22-17(27)11-21-16(26)10-20-15(25)9-19-14(24)8-6-5-7-13(18)23/h3-4H,1,5-11H2,2H3,(H2,18,23)(H,19,24)(H,20,25)(H,21,26)(H,22,27)/b12-4+. The van der Waals surface area contributed by atoms with Crippen molar-refractivity contribution in [3.8, 4) is 0 Å². The van der Waals surface area contributed by atoms with Gasteiger partial charge in [-0.25, -0.2) is 0 Å². The summed E-state index contributed by atoms with van der Waals surface area (Å²) in [7, 11) is 0. The van der Waals surface area contributed by atoms with Crippen molar-refractivity contribution in [3.63, 3.8) is 0 Å². The molecule has 27 heavy (non-hydrogen) atoms. The van der Waals surface area contributed by atoms with Crippen molar-refractivity contribution in [1.82, 2.24) is 21.3 Å². The molecule has 0 spiro atoms. The van der Waals surface area contributed by atoms with E-state index in [9.17, 15) is 24.0 Å². The second-order valence-corrected chi connectivity index (χ2v) is 5.50. The van der Waals surface area contributed by atoms with Gasteiger partial charge in [-0.3, -0.25) is 24.0 Å². The van der Waals surface area contributed by atoms with Crippen LogP contribution in [0.2, 0.25) is 0 Å². The van der Waals surface area contributed by atoms with Gasteiger partial charge in [0.25, 0.3) is 0 Å². The van der Waals surface area contributed by atoms with Crippen LogP contribution in [-0.2, 0) is 24.0 Å². The highest BCUT2D eigenvalue weighted by Gasteiger charge is 2.09. The van der Waals surface area contributed by atoms with E-state index < -0.39 is 23.6 Å².